The zero-order chi connectivity index (χ0) is 17.6. The van der Waals surface area contributed by atoms with Crippen LogP contribution in [0.2, 0.25) is 0 Å². The van der Waals surface area contributed by atoms with Gasteiger partial charge in [0.1, 0.15) is 5.82 Å². The Morgan fingerprint density at radius 3 is 2.64 bits per heavy atom. The standard InChI is InChI=1S/C19H19FN2O2S/c20-15-7-5-14(6-8-15)13-21-18(23)9-10-19(24)22-11-12-25-17-4-2-1-3-16(17)22/h1-8H,9-13H2,(H,21,23). The number of carbonyl (C=O) groups is 2. The van der Waals surface area contributed by atoms with E-state index in [-0.39, 0.29) is 30.5 Å². The molecule has 0 fully saturated rings. The van der Waals surface area contributed by atoms with Crippen LogP contribution in [0.1, 0.15) is 18.4 Å². The van der Waals surface area contributed by atoms with Crippen molar-refractivity contribution < 1.29 is 14.0 Å². The number of amides is 2. The molecule has 0 spiro atoms. The number of rotatable bonds is 5. The molecule has 0 aromatic heterocycles. The smallest absolute Gasteiger partial charge is 0.227 e. The van der Waals surface area contributed by atoms with Crippen molar-refractivity contribution in [1.29, 1.82) is 0 Å². The maximum atomic E-state index is 12.8. The molecule has 25 heavy (non-hydrogen) atoms. The van der Waals surface area contributed by atoms with Gasteiger partial charge in [-0.15, -0.1) is 11.8 Å². The number of benzene rings is 2. The Hall–Kier alpha value is -2.34. The van der Waals surface area contributed by atoms with Gasteiger partial charge in [0.25, 0.3) is 0 Å². The number of para-hydroxylation sites is 1. The summed E-state index contributed by atoms with van der Waals surface area (Å²) in [7, 11) is 0. The van der Waals surface area contributed by atoms with Crippen LogP contribution >= 0.6 is 11.8 Å². The third kappa shape index (κ3) is 4.60. The highest BCUT2D eigenvalue weighted by atomic mass is 32.2. The van der Waals surface area contributed by atoms with Gasteiger partial charge in [-0.05, 0) is 29.8 Å². The monoisotopic (exact) mass is 358 g/mol. The average molecular weight is 358 g/mol. The Kier molecular flexibility index (Phi) is 5.71. The van der Waals surface area contributed by atoms with E-state index in [0.29, 0.717) is 13.1 Å². The molecule has 0 unspecified atom stereocenters. The van der Waals surface area contributed by atoms with E-state index in [1.54, 1.807) is 28.8 Å². The normalized spacial score (nSPS) is 13.2. The number of fused-ring (bicyclic) bond motifs is 1. The van der Waals surface area contributed by atoms with Gasteiger partial charge in [0.2, 0.25) is 11.8 Å². The number of anilines is 1. The van der Waals surface area contributed by atoms with Crippen molar-refractivity contribution in [2.75, 3.05) is 17.2 Å². The van der Waals surface area contributed by atoms with Gasteiger partial charge in [-0.2, -0.15) is 0 Å². The zero-order valence-corrected chi connectivity index (χ0v) is 14.5. The van der Waals surface area contributed by atoms with Gasteiger partial charge in [-0.1, -0.05) is 24.3 Å². The predicted molar refractivity (Wildman–Crippen MR) is 97.0 cm³/mol. The van der Waals surface area contributed by atoms with E-state index in [1.807, 2.05) is 24.3 Å². The molecule has 2 aromatic carbocycles. The van der Waals surface area contributed by atoms with Crippen molar-refractivity contribution in [2.24, 2.45) is 0 Å². The van der Waals surface area contributed by atoms with Crippen LogP contribution in [0.3, 0.4) is 0 Å². The van der Waals surface area contributed by atoms with E-state index in [0.717, 1.165) is 21.9 Å². The first-order valence-electron chi connectivity index (χ1n) is 8.17. The van der Waals surface area contributed by atoms with Crippen molar-refractivity contribution in [3.05, 3.63) is 59.9 Å². The highest BCUT2D eigenvalue weighted by Crippen LogP contribution is 2.34. The molecule has 0 atom stereocenters. The molecule has 4 nitrogen and oxygen atoms in total. The second-order valence-corrected chi connectivity index (χ2v) is 6.90. The first-order valence-corrected chi connectivity index (χ1v) is 9.15. The van der Waals surface area contributed by atoms with Crippen LogP contribution in [0.5, 0.6) is 0 Å². The van der Waals surface area contributed by atoms with Gasteiger partial charge in [-0.3, -0.25) is 9.59 Å². The molecule has 0 saturated carbocycles. The molecule has 0 aliphatic carbocycles. The molecule has 3 rings (SSSR count). The summed E-state index contributed by atoms with van der Waals surface area (Å²) in [6.07, 6.45) is 0.320. The Morgan fingerprint density at radius 1 is 1.08 bits per heavy atom. The molecule has 0 bridgehead atoms. The van der Waals surface area contributed by atoms with Crippen molar-refractivity contribution in [2.45, 2.75) is 24.3 Å². The Balaban J connectivity index is 1.49. The summed E-state index contributed by atoms with van der Waals surface area (Å²) in [6.45, 7) is 0.994. The van der Waals surface area contributed by atoms with Crippen molar-refractivity contribution in [1.82, 2.24) is 5.32 Å². The van der Waals surface area contributed by atoms with Crippen LogP contribution in [0.15, 0.2) is 53.4 Å². The van der Waals surface area contributed by atoms with Crippen LogP contribution in [-0.2, 0) is 16.1 Å². The number of thioether (sulfide) groups is 1. The van der Waals surface area contributed by atoms with Crippen LogP contribution in [0.4, 0.5) is 10.1 Å². The fraction of sp³-hybridized carbons (Fsp3) is 0.263. The average Bonchev–Trinajstić information content (AvgIpc) is 2.65. The van der Waals surface area contributed by atoms with Gasteiger partial charge < -0.3 is 10.2 Å². The van der Waals surface area contributed by atoms with Crippen LogP contribution in [0.25, 0.3) is 0 Å². The first-order chi connectivity index (χ1) is 12.1. The van der Waals surface area contributed by atoms with Crippen LogP contribution in [-0.4, -0.2) is 24.1 Å². The quantitative estimate of drug-likeness (QED) is 0.892. The van der Waals surface area contributed by atoms with Gasteiger partial charge in [0, 0.05) is 36.6 Å². The van der Waals surface area contributed by atoms with E-state index in [2.05, 4.69) is 5.32 Å². The zero-order valence-electron chi connectivity index (χ0n) is 13.7. The summed E-state index contributed by atoms with van der Waals surface area (Å²) in [5.74, 6) is 0.335. The lowest BCUT2D eigenvalue weighted by atomic mass is 10.2. The summed E-state index contributed by atoms with van der Waals surface area (Å²) in [4.78, 5) is 27.3. The maximum Gasteiger partial charge on any atom is 0.227 e. The Labute approximate surface area is 150 Å². The van der Waals surface area contributed by atoms with E-state index in [1.165, 1.54) is 12.1 Å². The number of nitrogens with zero attached hydrogens (tertiary/aromatic N) is 1. The molecule has 1 aliphatic rings. The second-order valence-electron chi connectivity index (χ2n) is 5.76. The molecule has 1 aliphatic heterocycles. The van der Waals surface area contributed by atoms with E-state index < -0.39 is 0 Å². The minimum atomic E-state index is -0.305. The fourth-order valence-corrected chi connectivity index (χ4v) is 3.67. The largest absolute Gasteiger partial charge is 0.352 e. The van der Waals surface area contributed by atoms with E-state index in [4.69, 9.17) is 0 Å². The first kappa shape index (κ1) is 17.5. The highest BCUT2D eigenvalue weighted by molar-refractivity contribution is 7.99. The number of carbonyl (C=O) groups excluding carboxylic acids is 2. The molecular formula is C19H19FN2O2S. The topological polar surface area (TPSA) is 49.4 Å². The SMILES string of the molecule is O=C(CCC(=O)N1CCSc2ccccc21)NCc1ccc(F)cc1. The maximum absolute atomic E-state index is 12.8. The number of halogens is 1. The number of hydrogen-bond acceptors (Lipinski definition) is 3. The third-order valence-corrected chi connectivity index (χ3v) is 5.04. The Morgan fingerprint density at radius 2 is 1.84 bits per heavy atom. The van der Waals surface area contributed by atoms with Gasteiger partial charge >= 0.3 is 0 Å². The highest BCUT2D eigenvalue weighted by Gasteiger charge is 2.22. The predicted octanol–water partition coefficient (Wildman–Crippen LogP) is 3.36. The minimum Gasteiger partial charge on any atom is -0.352 e. The molecule has 1 heterocycles. The molecule has 2 amide bonds. The van der Waals surface area contributed by atoms with Crippen LogP contribution < -0.4 is 10.2 Å². The summed E-state index contributed by atoms with van der Waals surface area (Å²) in [6, 6.07) is 13.8. The molecule has 2 aromatic rings. The van der Waals surface area contributed by atoms with Gasteiger partial charge in [0.05, 0.1) is 5.69 Å². The lowest BCUT2D eigenvalue weighted by molar-refractivity contribution is -0.125. The summed E-state index contributed by atoms with van der Waals surface area (Å²) in [5, 5.41) is 2.76. The molecule has 1 N–H and O–H groups in total. The van der Waals surface area contributed by atoms with Gasteiger partial charge in [-0.25, -0.2) is 4.39 Å². The number of nitrogens with one attached hydrogen (secondary N) is 1. The summed E-state index contributed by atoms with van der Waals surface area (Å²) >= 11 is 1.74. The minimum absolute atomic E-state index is 0.0373. The van der Waals surface area contributed by atoms with Crippen LogP contribution in [0, 0.1) is 5.82 Å². The number of hydrogen-bond donors (Lipinski definition) is 1. The third-order valence-electron chi connectivity index (χ3n) is 4.00. The lowest BCUT2D eigenvalue weighted by Crippen LogP contribution is -2.36. The molecular weight excluding hydrogens is 339 g/mol. The van der Waals surface area contributed by atoms with E-state index in [9.17, 15) is 14.0 Å². The molecule has 0 radical (unpaired) electrons. The molecule has 6 heteroatoms. The Bertz CT molecular complexity index is 764. The second kappa shape index (κ2) is 8.16. The molecule has 0 saturated heterocycles. The summed E-state index contributed by atoms with van der Waals surface area (Å²) in [5.41, 5.74) is 1.75. The summed E-state index contributed by atoms with van der Waals surface area (Å²) < 4.78 is 12.8. The lowest BCUT2D eigenvalue weighted by Gasteiger charge is -2.29. The van der Waals surface area contributed by atoms with Gasteiger partial charge in [0.15, 0.2) is 0 Å². The van der Waals surface area contributed by atoms with Crippen molar-refractivity contribution in [3.63, 3.8) is 0 Å². The van der Waals surface area contributed by atoms with Crippen molar-refractivity contribution in [3.8, 4) is 0 Å². The fourth-order valence-electron chi connectivity index (χ4n) is 2.68. The molecule has 130 valence electrons. The van der Waals surface area contributed by atoms with Crippen molar-refractivity contribution >= 4 is 29.3 Å². The van der Waals surface area contributed by atoms with E-state index >= 15 is 0 Å².